The minimum atomic E-state index is -3.77. The summed E-state index contributed by atoms with van der Waals surface area (Å²) in [5.41, 5.74) is 1.07. The van der Waals surface area contributed by atoms with E-state index >= 15 is 0 Å². The molecule has 28 heavy (non-hydrogen) atoms. The zero-order chi connectivity index (χ0) is 20.0. The van der Waals surface area contributed by atoms with Gasteiger partial charge in [-0.3, -0.25) is 9.78 Å². The lowest BCUT2D eigenvalue weighted by Crippen LogP contribution is -2.32. The van der Waals surface area contributed by atoms with Gasteiger partial charge in [0.2, 0.25) is 10.0 Å². The van der Waals surface area contributed by atoms with E-state index in [1.54, 1.807) is 29.4 Å². The molecule has 1 amide bonds. The first-order valence-corrected chi connectivity index (χ1v) is 10.9. The molecule has 2 heterocycles. The van der Waals surface area contributed by atoms with E-state index in [9.17, 15) is 13.2 Å². The number of aromatic nitrogens is 1. The molecule has 0 atom stereocenters. The van der Waals surface area contributed by atoms with Crippen LogP contribution < -0.4 is 9.46 Å². The van der Waals surface area contributed by atoms with Crippen LogP contribution in [0.2, 0.25) is 0 Å². The predicted molar refractivity (Wildman–Crippen MR) is 106 cm³/mol. The molecule has 0 spiro atoms. The maximum Gasteiger partial charge on any atom is 0.257 e. The van der Waals surface area contributed by atoms with Crippen LogP contribution in [-0.4, -0.2) is 44.4 Å². The number of ether oxygens (including phenoxy) is 1. The van der Waals surface area contributed by atoms with Crippen molar-refractivity contribution < 1.29 is 17.9 Å². The van der Waals surface area contributed by atoms with Gasteiger partial charge < -0.3 is 9.64 Å². The van der Waals surface area contributed by atoms with Crippen molar-refractivity contribution >= 4 is 15.9 Å². The Bertz CT molecular complexity index is 908. The molecule has 0 bridgehead atoms. The van der Waals surface area contributed by atoms with Crippen molar-refractivity contribution in [2.45, 2.75) is 37.1 Å². The number of sulfonamides is 1. The summed E-state index contributed by atoms with van der Waals surface area (Å²) >= 11 is 0. The van der Waals surface area contributed by atoms with E-state index in [2.05, 4.69) is 9.71 Å². The number of benzene rings is 1. The molecule has 150 valence electrons. The number of nitrogens with one attached hydrogen (secondary N) is 1. The number of pyridine rings is 1. The molecule has 1 N–H and O–H groups in total. The summed E-state index contributed by atoms with van der Waals surface area (Å²) in [7, 11) is -2.30. The number of hydrogen-bond acceptors (Lipinski definition) is 5. The molecule has 0 saturated carbocycles. The van der Waals surface area contributed by atoms with Crippen molar-refractivity contribution in [3.05, 3.63) is 53.9 Å². The normalized spacial score (nSPS) is 15.1. The zero-order valence-corrected chi connectivity index (χ0v) is 16.7. The smallest absolute Gasteiger partial charge is 0.257 e. The van der Waals surface area contributed by atoms with Crippen LogP contribution in [0.1, 0.15) is 41.6 Å². The monoisotopic (exact) mass is 403 g/mol. The quantitative estimate of drug-likeness (QED) is 0.801. The Labute approximate surface area is 165 Å². The molecule has 1 aliphatic rings. The Hall–Kier alpha value is -2.45. The van der Waals surface area contributed by atoms with Crippen LogP contribution >= 0.6 is 0 Å². The molecular weight excluding hydrogens is 378 g/mol. The first kappa shape index (κ1) is 20.3. The second-order valence-corrected chi connectivity index (χ2v) is 8.52. The van der Waals surface area contributed by atoms with E-state index in [1.165, 1.54) is 25.3 Å². The second-order valence-electron chi connectivity index (χ2n) is 6.75. The number of carbonyl (C=O) groups is 1. The van der Waals surface area contributed by atoms with E-state index < -0.39 is 10.0 Å². The molecule has 1 fully saturated rings. The van der Waals surface area contributed by atoms with Gasteiger partial charge in [0, 0.05) is 32.0 Å². The van der Waals surface area contributed by atoms with Crippen LogP contribution in [0.3, 0.4) is 0 Å². The molecule has 1 aromatic heterocycles. The number of hydrogen-bond donors (Lipinski definition) is 1. The van der Waals surface area contributed by atoms with Crippen LogP contribution in [0, 0.1) is 0 Å². The lowest BCUT2D eigenvalue weighted by atomic mass is 10.1. The third kappa shape index (κ3) is 4.88. The van der Waals surface area contributed by atoms with Gasteiger partial charge in [-0.1, -0.05) is 12.8 Å². The van der Waals surface area contributed by atoms with Gasteiger partial charge >= 0.3 is 0 Å². The first-order valence-electron chi connectivity index (χ1n) is 9.37. The van der Waals surface area contributed by atoms with E-state index in [0.29, 0.717) is 18.8 Å². The molecule has 1 saturated heterocycles. The molecule has 1 aromatic carbocycles. The predicted octanol–water partition coefficient (Wildman–Crippen LogP) is 2.58. The van der Waals surface area contributed by atoms with Crippen molar-refractivity contribution in [3.8, 4) is 5.75 Å². The Kier molecular flexibility index (Phi) is 6.64. The van der Waals surface area contributed by atoms with Crippen molar-refractivity contribution in [1.82, 2.24) is 14.6 Å². The molecule has 0 radical (unpaired) electrons. The fourth-order valence-corrected chi connectivity index (χ4v) is 4.27. The Morgan fingerprint density at radius 2 is 1.79 bits per heavy atom. The summed E-state index contributed by atoms with van der Waals surface area (Å²) in [6.07, 6.45) is 7.34. The standard InChI is InChI=1S/C20H25N3O4S/c1-27-19-7-6-17(28(25,26)22-15-16-8-10-21-11-9-16)14-18(19)20(24)23-12-4-2-3-5-13-23/h6-11,14,22H,2-5,12-13,15H2,1H3. The Balaban J connectivity index is 1.83. The fraction of sp³-hybridized carbons (Fsp3) is 0.400. The maximum absolute atomic E-state index is 13.0. The average molecular weight is 404 g/mol. The number of carbonyl (C=O) groups excluding carboxylic acids is 1. The van der Waals surface area contributed by atoms with Crippen molar-refractivity contribution in [3.63, 3.8) is 0 Å². The highest BCUT2D eigenvalue weighted by atomic mass is 32.2. The van der Waals surface area contributed by atoms with E-state index in [-0.39, 0.29) is 22.9 Å². The van der Waals surface area contributed by atoms with Crippen LogP contribution in [-0.2, 0) is 16.6 Å². The highest BCUT2D eigenvalue weighted by Gasteiger charge is 2.24. The number of rotatable bonds is 6. The molecule has 2 aromatic rings. The lowest BCUT2D eigenvalue weighted by Gasteiger charge is -2.22. The number of methoxy groups -OCH3 is 1. The summed E-state index contributed by atoms with van der Waals surface area (Å²) in [4.78, 5) is 18.8. The Morgan fingerprint density at radius 1 is 1.11 bits per heavy atom. The topological polar surface area (TPSA) is 88.6 Å². The number of nitrogens with zero attached hydrogens (tertiary/aromatic N) is 2. The third-order valence-electron chi connectivity index (χ3n) is 4.82. The molecule has 7 nitrogen and oxygen atoms in total. The van der Waals surface area contributed by atoms with Gasteiger partial charge in [-0.25, -0.2) is 13.1 Å². The number of amides is 1. The molecule has 0 aliphatic carbocycles. The Morgan fingerprint density at radius 3 is 2.43 bits per heavy atom. The summed E-state index contributed by atoms with van der Waals surface area (Å²) in [6.45, 7) is 1.50. The van der Waals surface area contributed by atoms with E-state index in [0.717, 1.165) is 31.2 Å². The van der Waals surface area contributed by atoms with Crippen molar-refractivity contribution in [2.24, 2.45) is 0 Å². The summed E-state index contributed by atoms with van der Waals surface area (Å²) in [6, 6.07) is 7.87. The van der Waals surface area contributed by atoms with Gasteiger partial charge in [0.25, 0.3) is 5.91 Å². The van der Waals surface area contributed by atoms with Gasteiger partial charge in [0.1, 0.15) is 5.75 Å². The van der Waals surface area contributed by atoms with Crippen molar-refractivity contribution in [1.29, 1.82) is 0 Å². The van der Waals surface area contributed by atoms with Gasteiger partial charge in [-0.2, -0.15) is 0 Å². The van der Waals surface area contributed by atoms with Gasteiger partial charge in [0.05, 0.1) is 17.6 Å². The molecular formula is C20H25N3O4S. The largest absolute Gasteiger partial charge is 0.496 e. The SMILES string of the molecule is COc1ccc(S(=O)(=O)NCc2ccncc2)cc1C(=O)N1CCCCCC1. The van der Waals surface area contributed by atoms with Crippen LogP contribution in [0.5, 0.6) is 5.75 Å². The van der Waals surface area contributed by atoms with Crippen molar-refractivity contribution in [2.75, 3.05) is 20.2 Å². The average Bonchev–Trinajstić information content (AvgIpc) is 3.01. The number of likely N-dealkylation sites (tertiary alicyclic amines) is 1. The van der Waals surface area contributed by atoms with Crippen LogP contribution in [0.15, 0.2) is 47.6 Å². The van der Waals surface area contributed by atoms with E-state index in [1.807, 2.05) is 0 Å². The van der Waals surface area contributed by atoms with E-state index in [4.69, 9.17) is 4.74 Å². The highest BCUT2D eigenvalue weighted by molar-refractivity contribution is 7.89. The summed E-state index contributed by atoms with van der Waals surface area (Å²) in [5.74, 6) is 0.187. The summed E-state index contributed by atoms with van der Waals surface area (Å²) in [5, 5.41) is 0. The minimum absolute atomic E-state index is 0.0422. The highest BCUT2D eigenvalue weighted by Crippen LogP contribution is 2.25. The minimum Gasteiger partial charge on any atom is -0.496 e. The molecule has 8 heteroatoms. The second kappa shape index (κ2) is 9.16. The van der Waals surface area contributed by atoms with Crippen LogP contribution in [0.4, 0.5) is 0 Å². The van der Waals surface area contributed by atoms with Gasteiger partial charge in [0.15, 0.2) is 0 Å². The lowest BCUT2D eigenvalue weighted by molar-refractivity contribution is 0.0758. The molecule has 0 unspecified atom stereocenters. The van der Waals surface area contributed by atoms with Gasteiger partial charge in [-0.15, -0.1) is 0 Å². The maximum atomic E-state index is 13.0. The fourth-order valence-electron chi connectivity index (χ4n) is 3.23. The first-order chi connectivity index (χ1) is 13.5. The molecule has 3 rings (SSSR count). The molecule has 1 aliphatic heterocycles. The third-order valence-corrected chi connectivity index (χ3v) is 6.22. The van der Waals surface area contributed by atoms with Crippen LogP contribution in [0.25, 0.3) is 0 Å². The zero-order valence-electron chi connectivity index (χ0n) is 15.9. The van der Waals surface area contributed by atoms with Gasteiger partial charge in [-0.05, 0) is 48.7 Å². The summed E-state index contributed by atoms with van der Waals surface area (Å²) < 4.78 is 33.3.